The maximum absolute atomic E-state index is 10.8. The molecule has 1 spiro atoms. The van der Waals surface area contributed by atoms with Gasteiger partial charge in [-0.1, -0.05) is 33.3 Å². The second-order valence-corrected chi connectivity index (χ2v) is 7.07. The van der Waals surface area contributed by atoms with E-state index in [2.05, 4.69) is 20.4 Å². The minimum Gasteiger partial charge on any atom is -0.387 e. The summed E-state index contributed by atoms with van der Waals surface area (Å²) < 4.78 is 11.5. The standard InChI is InChI=1S/C15H22O4/c1-8-5-4-6-10-11(16)15(17)14(9(2)7-18-15)12(19-14)13(8,10)3/h8,10-12,16-17H,2,4-7H2,1,3H3/t8-,10+,11+,12-,13+,14-,15-/m0/s1. The number of epoxide rings is 1. The van der Waals surface area contributed by atoms with E-state index in [0.29, 0.717) is 5.92 Å². The third kappa shape index (κ3) is 1.06. The summed E-state index contributed by atoms with van der Waals surface area (Å²) in [6.07, 6.45) is 2.22. The Morgan fingerprint density at radius 2 is 2.11 bits per heavy atom. The van der Waals surface area contributed by atoms with Crippen LogP contribution in [0, 0.1) is 17.3 Å². The van der Waals surface area contributed by atoms with Crippen LogP contribution in [0.15, 0.2) is 12.2 Å². The average molecular weight is 266 g/mol. The first kappa shape index (κ1) is 12.3. The lowest BCUT2D eigenvalue weighted by Crippen LogP contribution is -2.66. The molecule has 19 heavy (non-hydrogen) atoms. The number of aliphatic hydroxyl groups is 2. The predicted molar refractivity (Wildman–Crippen MR) is 68.3 cm³/mol. The Morgan fingerprint density at radius 1 is 1.37 bits per heavy atom. The molecule has 2 aliphatic carbocycles. The van der Waals surface area contributed by atoms with E-state index in [-0.39, 0.29) is 24.0 Å². The fourth-order valence-corrected chi connectivity index (χ4v) is 5.08. The Kier molecular flexibility index (Phi) is 2.11. The first-order valence-electron chi connectivity index (χ1n) is 7.29. The molecule has 4 heteroatoms. The Morgan fingerprint density at radius 3 is 2.84 bits per heavy atom. The Balaban J connectivity index is 1.86. The van der Waals surface area contributed by atoms with E-state index in [1.165, 1.54) is 0 Å². The zero-order valence-corrected chi connectivity index (χ0v) is 11.6. The van der Waals surface area contributed by atoms with E-state index in [4.69, 9.17) is 9.47 Å². The topological polar surface area (TPSA) is 62.2 Å². The molecule has 2 saturated heterocycles. The summed E-state index contributed by atoms with van der Waals surface area (Å²) in [5.41, 5.74) is -0.180. The molecule has 2 saturated carbocycles. The lowest BCUT2D eigenvalue weighted by atomic mass is 9.51. The van der Waals surface area contributed by atoms with Crippen molar-refractivity contribution in [3.05, 3.63) is 12.2 Å². The molecule has 0 radical (unpaired) electrons. The lowest BCUT2D eigenvalue weighted by molar-refractivity contribution is -0.288. The van der Waals surface area contributed by atoms with E-state index < -0.39 is 17.5 Å². The zero-order valence-electron chi connectivity index (χ0n) is 11.6. The normalized spacial score (nSPS) is 63.3. The van der Waals surface area contributed by atoms with E-state index in [0.717, 1.165) is 24.8 Å². The molecule has 2 heterocycles. The Labute approximate surface area is 113 Å². The van der Waals surface area contributed by atoms with Crippen molar-refractivity contribution >= 4 is 0 Å². The molecular weight excluding hydrogens is 244 g/mol. The van der Waals surface area contributed by atoms with E-state index in [9.17, 15) is 10.2 Å². The summed E-state index contributed by atoms with van der Waals surface area (Å²) in [5, 5.41) is 21.6. The van der Waals surface area contributed by atoms with Gasteiger partial charge in [0.05, 0.1) is 6.61 Å². The number of aliphatic hydroxyl groups excluding tert-OH is 1. The quantitative estimate of drug-likeness (QED) is 0.511. The molecule has 0 amide bonds. The van der Waals surface area contributed by atoms with Crippen molar-refractivity contribution in [2.45, 2.75) is 56.7 Å². The molecule has 0 aromatic heterocycles. The molecule has 106 valence electrons. The van der Waals surface area contributed by atoms with Crippen molar-refractivity contribution < 1.29 is 19.7 Å². The van der Waals surface area contributed by atoms with Gasteiger partial charge in [-0.25, -0.2) is 0 Å². The fourth-order valence-electron chi connectivity index (χ4n) is 5.08. The van der Waals surface area contributed by atoms with Crippen LogP contribution in [-0.2, 0) is 9.47 Å². The fraction of sp³-hybridized carbons (Fsp3) is 0.867. The van der Waals surface area contributed by atoms with Crippen molar-refractivity contribution in [2.75, 3.05) is 6.61 Å². The van der Waals surface area contributed by atoms with Gasteiger partial charge in [0.1, 0.15) is 12.2 Å². The first-order valence-corrected chi connectivity index (χ1v) is 7.29. The molecule has 0 aromatic carbocycles. The largest absolute Gasteiger partial charge is 0.387 e. The number of hydrogen-bond acceptors (Lipinski definition) is 4. The minimum absolute atomic E-state index is 0.0350. The molecule has 0 aromatic rings. The van der Waals surface area contributed by atoms with Crippen molar-refractivity contribution in [2.24, 2.45) is 17.3 Å². The second kappa shape index (κ2) is 3.25. The van der Waals surface area contributed by atoms with Gasteiger partial charge in [0.2, 0.25) is 5.79 Å². The zero-order chi connectivity index (χ0) is 13.6. The highest BCUT2D eigenvalue weighted by Crippen LogP contribution is 2.71. The second-order valence-electron chi connectivity index (χ2n) is 7.07. The highest BCUT2D eigenvalue weighted by Gasteiger charge is 2.86. The summed E-state index contributed by atoms with van der Waals surface area (Å²) in [7, 11) is 0. The van der Waals surface area contributed by atoms with Gasteiger partial charge in [0.25, 0.3) is 0 Å². The number of ether oxygens (including phenoxy) is 2. The molecule has 4 fully saturated rings. The molecule has 7 atom stereocenters. The van der Waals surface area contributed by atoms with Gasteiger partial charge in [-0.15, -0.1) is 0 Å². The number of hydrogen-bond donors (Lipinski definition) is 2. The summed E-state index contributed by atoms with van der Waals surface area (Å²) in [5.74, 6) is -1.08. The third-order valence-electron chi connectivity index (χ3n) is 6.50. The number of fused-ring (bicyclic) bond motifs is 2. The van der Waals surface area contributed by atoms with Crippen molar-refractivity contribution in [1.82, 2.24) is 0 Å². The average Bonchev–Trinajstić information content (AvgIpc) is 3.09. The summed E-state index contributed by atoms with van der Waals surface area (Å²) >= 11 is 0. The third-order valence-corrected chi connectivity index (χ3v) is 6.50. The molecule has 2 N–H and O–H groups in total. The van der Waals surface area contributed by atoms with Gasteiger partial charge in [-0.2, -0.15) is 0 Å². The highest BCUT2D eigenvalue weighted by molar-refractivity contribution is 5.41. The van der Waals surface area contributed by atoms with Gasteiger partial charge >= 0.3 is 0 Å². The molecule has 4 aliphatic rings. The molecule has 4 nitrogen and oxygen atoms in total. The maximum Gasteiger partial charge on any atom is 0.229 e. The van der Waals surface area contributed by atoms with Crippen LogP contribution in [0.4, 0.5) is 0 Å². The van der Waals surface area contributed by atoms with Crippen LogP contribution in [0.1, 0.15) is 33.1 Å². The van der Waals surface area contributed by atoms with Crippen LogP contribution < -0.4 is 0 Å². The van der Waals surface area contributed by atoms with E-state index in [1.807, 2.05) is 0 Å². The molecular formula is C15H22O4. The van der Waals surface area contributed by atoms with Crippen LogP contribution in [0.3, 0.4) is 0 Å². The van der Waals surface area contributed by atoms with Crippen molar-refractivity contribution in [3.63, 3.8) is 0 Å². The SMILES string of the molecule is C=C1CO[C@@]2(O)[C@H](O)[C@H]3CCC[C@H](C)[C@@]3(C)[C@@H]3O[C@@]132. The highest BCUT2D eigenvalue weighted by atomic mass is 16.7. The monoisotopic (exact) mass is 266 g/mol. The van der Waals surface area contributed by atoms with Gasteiger partial charge in [0, 0.05) is 5.41 Å². The maximum atomic E-state index is 10.8. The van der Waals surface area contributed by atoms with E-state index in [1.54, 1.807) is 0 Å². The Bertz CT molecular complexity index is 463. The summed E-state index contributed by atoms with van der Waals surface area (Å²) in [6.45, 7) is 8.72. The van der Waals surface area contributed by atoms with Crippen LogP contribution in [0.25, 0.3) is 0 Å². The molecule has 2 aliphatic heterocycles. The first-order chi connectivity index (χ1) is 8.89. The van der Waals surface area contributed by atoms with Gasteiger partial charge in [0.15, 0.2) is 5.60 Å². The number of rotatable bonds is 0. The molecule has 0 bridgehead atoms. The van der Waals surface area contributed by atoms with Crippen molar-refractivity contribution in [1.29, 1.82) is 0 Å². The van der Waals surface area contributed by atoms with Gasteiger partial charge in [-0.05, 0) is 23.8 Å². The lowest BCUT2D eigenvalue weighted by Gasteiger charge is -2.54. The minimum atomic E-state index is -1.59. The van der Waals surface area contributed by atoms with Crippen LogP contribution in [-0.4, -0.2) is 40.4 Å². The predicted octanol–water partition coefficient (Wildman–Crippen LogP) is 1.22. The van der Waals surface area contributed by atoms with Crippen molar-refractivity contribution in [3.8, 4) is 0 Å². The summed E-state index contributed by atoms with van der Waals surface area (Å²) in [6, 6.07) is 0. The Hall–Kier alpha value is -0.420. The van der Waals surface area contributed by atoms with Crippen LogP contribution >= 0.6 is 0 Å². The van der Waals surface area contributed by atoms with Crippen LogP contribution in [0.5, 0.6) is 0 Å². The van der Waals surface area contributed by atoms with Gasteiger partial charge < -0.3 is 19.7 Å². The van der Waals surface area contributed by atoms with E-state index >= 15 is 0 Å². The smallest absolute Gasteiger partial charge is 0.229 e. The molecule has 4 rings (SSSR count). The summed E-state index contributed by atoms with van der Waals surface area (Å²) in [4.78, 5) is 0. The van der Waals surface area contributed by atoms with Gasteiger partial charge in [-0.3, -0.25) is 0 Å². The molecule has 0 unspecified atom stereocenters. The van der Waals surface area contributed by atoms with Crippen LogP contribution in [0.2, 0.25) is 0 Å².